The fourth-order valence-electron chi connectivity index (χ4n) is 4.38. The van der Waals surface area contributed by atoms with Crippen LogP contribution in [0.1, 0.15) is 149 Å². The minimum Gasteiger partial charge on any atom is -0.546 e. The van der Waals surface area contributed by atoms with Crippen molar-refractivity contribution >= 4 is 17.5 Å². The number of aliphatic hydroxyl groups excluding tert-OH is 1. The first-order chi connectivity index (χ1) is 16.3. The molecule has 0 aromatic rings. The van der Waals surface area contributed by atoms with Crippen LogP contribution in [0.4, 0.5) is 0 Å². The van der Waals surface area contributed by atoms with Crippen LogP contribution in [0.15, 0.2) is 0 Å². The SMILES string of the molecule is CCCCCCCCCCCCCCCCCCCCCC(=O)CC(O)(C(=O)[O-])C(=O)C(C)O.[Na+]. The molecule has 0 heterocycles. The van der Waals surface area contributed by atoms with Gasteiger partial charge in [0.05, 0.1) is 5.97 Å². The van der Waals surface area contributed by atoms with Crippen LogP contribution in [-0.4, -0.2) is 39.5 Å². The Bertz CT molecular complexity index is 552. The van der Waals surface area contributed by atoms with Crippen molar-refractivity contribution < 1.29 is 59.3 Å². The van der Waals surface area contributed by atoms with E-state index in [0.717, 1.165) is 26.2 Å². The van der Waals surface area contributed by atoms with Crippen molar-refractivity contribution in [1.29, 1.82) is 0 Å². The maximum atomic E-state index is 12.0. The summed E-state index contributed by atoms with van der Waals surface area (Å²) in [7, 11) is 0. The maximum absolute atomic E-state index is 12.0. The van der Waals surface area contributed by atoms with Gasteiger partial charge in [-0.1, -0.05) is 122 Å². The van der Waals surface area contributed by atoms with Gasteiger partial charge in [-0.3, -0.25) is 9.59 Å². The summed E-state index contributed by atoms with van der Waals surface area (Å²) >= 11 is 0. The van der Waals surface area contributed by atoms with E-state index in [0.29, 0.717) is 6.42 Å². The fraction of sp³-hybridized carbons (Fsp3) is 0.893. The van der Waals surface area contributed by atoms with Crippen molar-refractivity contribution in [3.05, 3.63) is 0 Å². The average molecular weight is 507 g/mol. The number of carboxylic acid groups (broad SMARTS) is 1. The number of carbonyl (C=O) groups excluding carboxylic acids is 3. The van der Waals surface area contributed by atoms with Gasteiger partial charge in [0.25, 0.3) is 0 Å². The second kappa shape index (κ2) is 24.1. The second-order valence-electron chi connectivity index (χ2n) is 10.0. The van der Waals surface area contributed by atoms with Crippen LogP contribution in [-0.2, 0) is 14.4 Å². The molecule has 200 valence electrons. The zero-order chi connectivity index (χ0) is 25.7. The zero-order valence-electron chi connectivity index (χ0n) is 23.0. The van der Waals surface area contributed by atoms with Gasteiger partial charge in [-0.25, -0.2) is 0 Å². The predicted octanol–water partition coefficient (Wildman–Crippen LogP) is 2.20. The van der Waals surface area contributed by atoms with Gasteiger partial charge in [0, 0.05) is 12.8 Å². The Morgan fingerprint density at radius 2 is 1.00 bits per heavy atom. The predicted molar refractivity (Wildman–Crippen MR) is 134 cm³/mol. The van der Waals surface area contributed by atoms with Crippen LogP contribution in [0.3, 0.4) is 0 Å². The van der Waals surface area contributed by atoms with Gasteiger partial charge in [-0.15, -0.1) is 0 Å². The number of hydrogen-bond acceptors (Lipinski definition) is 6. The standard InChI is InChI=1S/C28H52O6.Na/c1-3-4-5-6-7-8-9-10-11-12-13-14-15-16-17-18-19-20-21-22-25(30)23-28(34,27(32)33)26(31)24(2)29;/h24,29,34H,3-23H2,1-2H3,(H,32,33);/q;+1/p-1. The van der Waals surface area contributed by atoms with Crippen LogP contribution >= 0.6 is 0 Å². The normalized spacial score (nSPS) is 13.6. The smallest absolute Gasteiger partial charge is 0.546 e. The molecule has 0 bridgehead atoms. The number of carbonyl (C=O) groups is 3. The second-order valence-corrected chi connectivity index (χ2v) is 10.0. The molecule has 0 aromatic carbocycles. The molecule has 35 heavy (non-hydrogen) atoms. The van der Waals surface area contributed by atoms with Crippen molar-refractivity contribution in [2.45, 2.75) is 160 Å². The zero-order valence-corrected chi connectivity index (χ0v) is 25.0. The fourth-order valence-corrected chi connectivity index (χ4v) is 4.38. The van der Waals surface area contributed by atoms with E-state index in [9.17, 15) is 29.7 Å². The monoisotopic (exact) mass is 506 g/mol. The quantitative estimate of drug-likeness (QED) is 0.111. The molecular formula is C28H51NaO6. The molecule has 2 atom stereocenters. The summed E-state index contributed by atoms with van der Waals surface area (Å²) in [6.45, 7) is 3.31. The Labute approximate surface area is 236 Å². The third-order valence-corrected chi connectivity index (χ3v) is 6.64. The minimum atomic E-state index is -2.95. The van der Waals surface area contributed by atoms with E-state index in [2.05, 4.69) is 6.92 Å². The number of rotatable bonds is 25. The number of carboxylic acids is 1. The largest absolute Gasteiger partial charge is 1.00 e. The van der Waals surface area contributed by atoms with Gasteiger partial charge >= 0.3 is 29.6 Å². The average Bonchev–Trinajstić information content (AvgIpc) is 2.79. The molecule has 0 rings (SSSR count). The van der Waals surface area contributed by atoms with Gasteiger partial charge in [0.2, 0.25) is 0 Å². The van der Waals surface area contributed by atoms with E-state index < -0.39 is 35.7 Å². The van der Waals surface area contributed by atoms with Crippen molar-refractivity contribution in [2.24, 2.45) is 0 Å². The van der Waals surface area contributed by atoms with Crippen molar-refractivity contribution in [3.8, 4) is 0 Å². The number of hydrogen-bond donors (Lipinski definition) is 2. The summed E-state index contributed by atoms with van der Waals surface area (Å²) in [5.74, 6) is -3.86. The van der Waals surface area contributed by atoms with E-state index in [1.54, 1.807) is 0 Å². The number of Topliss-reactive ketones (excluding diaryl/α,β-unsaturated/α-hetero) is 2. The van der Waals surface area contributed by atoms with E-state index >= 15 is 0 Å². The molecule has 0 aliphatic carbocycles. The van der Waals surface area contributed by atoms with E-state index in [1.807, 2.05) is 0 Å². The first kappa shape index (κ1) is 36.9. The molecule has 6 nitrogen and oxygen atoms in total. The van der Waals surface area contributed by atoms with Crippen molar-refractivity contribution in [3.63, 3.8) is 0 Å². The van der Waals surface area contributed by atoms with Gasteiger partial charge in [-0.2, -0.15) is 0 Å². The van der Waals surface area contributed by atoms with Gasteiger partial charge in [0.15, 0.2) is 11.4 Å². The Morgan fingerprint density at radius 3 is 1.29 bits per heavy atom. The topological polar surface area (TPSA) is 115 Å². The Balaban J connectivity index is 0. The van der Waals surface area contributed by atoms with Gasteiger partial charge in [-0.05, 0) is 13.3 Å². The first-order valence-corrected chi connectivity index (χ1v) is 13.9. The Morgan fingerprint density at radius 1 is 0.686 bits per heavy atom. The molecule has 0 amide bonds. The molecule has 0 fully saturated rings. The molecule has 0 radical (unpaired) electrons. The molecule has 0 aromatic heterocycles. The molecule has 2 N–H and O–H groups in total. The number of aliphatic carboxylic acids is 1. The summed E-state index contributed by atoms with van der Waals surface area (Å²) in [6, 6.07) is 0. The van der Waals surface area contributed by atoms with Crippen molar-refractivity contribution in [2.75, 3.05) is 0 Å². The third-order valence-electron chi connectivity index (χ3n) is 6.64. The number of ketones is 2. The molecule has 0 saturated carbocycles. The van der Waals surface area contributed by atoms with E-state index in [4.69, 9.17) is 0 Å². The molecular weight excluding hydrogens is 455 g/mol. The van der Waals surface area contributed by atoms with Crippen LogP contribution < -0.4 is 34.7 Å². The maximum Gasteiger partial charge on any atom is 1.00 e. The van der Waals surface area contributed by atoms with Crippen molar-refractivity contribution in [1.82, 2.24) is 0 Å². The number of aliphatic hydroxyl groups is 2. The summed E-state index contributed by atoms with van der Waals surface area (Å²) < 4.78 is 0. The summed E-state index contributed by atoms with van der Waals surface area (Å²) in [4.78, 5) is 34.8. The van der Waals surface area contributed by atoms with E-state index in [-0.39, 0.29) is 36.0 Å². The van der Waals surface area contributed by atoms with E-state index in [1.165, 1.54) is 96.3 Å². The Hall–Kier alpha value is -0.270. The van der Waals surface area contributed by atoms with Crippen LogP contribution in [0.2, 0.25) is 0 Å². The molecule has 7 heteroatoms. The summed E-state index contributed by atoms with van der Waals surface area (Å²) in [5, 5.41) is 30.3. The third kappa shape index (κ3) is 19.5. The van der Waals surface area contributed by atoms with Crippen LogP contribution in [0.25, 0.3) is 0 Å². The van der Waals surface area contributed by atoms with Crippen LogP contribution in [0.5, 0.6) is 0 Å². The van der Waals surface area contributed by atoms with Crippen LogP contribution in [0, 0.1) is 0 Å². The molecule has 0 aliphatic heterocycles. The van der Waals surface area contributed by atoms with Gasteiger partial charge < -0.3 is 20.1 Å². The Kier molecular flexibility index (Phi) is 25.4. The number of unbranched alkanes of at least 4 members (excludes halogenated alkanes) is 18. The molecule has 0 aliphatic rings. The first-order valence-electron chi connectivity index (χ1n) is 13.9. The summed E-state index contributed by atoms with van der Waals surface area (Å²) in [5.41, 5.74) is -2.95. The molecule has 2 unspecified atom stereocenters. The molecule has 0 saturated heterocycles. The minimum absolute atomic E-state index is 0. The summed E-state index contributed by atoms with van der Waals surface area (Å²) in [6.07, 6.45) is 21.4. The molecule has 0 spiro atoms. The van der Waals surface area contributed by atoms with Gasteiger partial charge in [0.1, 0.15) is 11.9 Å².